The number of phenolic OH excluding ortho intramolecular Hbond substituents is 1. The number of hydrogen-bond donors (Lipinski definition) is 2. The van der Waals surface area contributed by atoms with Gasteiger partial charge in [0.25, 0.3) is 0 Å². The average Bonchev–Trinajstić information content (AvgIpc) is 2.32. The molecule has 0 aliphatic rings. The molecule has 0 amide bonds. The van der Waals surface area contributed by atoms with E-state index in [2.05, 4.69) is 46.4 Å². The number of aryl methyl sites for hydroxylation is 2. The maximum absolute atomic E-state index is 9.47. The molecule has 0 atom stereocenters. The van der Waals surface area contributed by atoms with Gasteiger partial charge in [0.1, 0.15) is 5.75 Å². The van der Waals surface area contributed by atoms with E-state index >= 15 is 0 Å². The van der Waals surface area contributed by atoms with Crippen LogP contribution in [0.5, 0.6) is 5.75 Å². The lowest BCUT2D eigenvalue weighted by Crippen LogP contribution is -2.00. The topological polar surface area (TPSA) is 32.3 Å². The first-order valence-corrected chi connectivity index (χ1v) is 6.64. The van der Waals surface area contributed by atoms with Crippen LogP contribution in [0.15, 0.2) is 40.9 Å². The molecule has 0 fully saturated rings. The molecule has 2 aromatic carbocycles. The molecule has 18 heavy (non-hydrogen) atoms. The molecular formula is C15H16BrNO. The van der Waals surface area contributed by atoms with E-state index in [9.17, 15) is 5.11 Å². The van der Waals surface area contributed by atoms with Crippen molar-refractivity contribution in [1.82, 2.24) is 0 Å². The van der Waals surface area contributed by atoms with Crippen LogP contribution < -0.4 is 5.32 Å². The van der Waals surface area contributed by atoms with Crippen molar-refractivity contribution in [2.24, 2.45) is 0 Å². The summed E-state index contributed by atoms with van der Waals surface area (Å²) < 4.78 is 1.12. The molecule has 0 aliphatic heterocycles. The predicted octanol–water partition coefficient (Wildman–Crippen LogP) is 4.38. The van der Waals surface area contributed by atoms with Crippen LogP contribution in [0.25, 0.3) is 0 Å². The van der Waals surface area contributed by atoms with Crippen LogP contribution in [0, 0.1) is 13.8 Å². The summed E-state index contributed by atoms with van der Waals surface area (Å²) in [7, 11) is 0. The molecule has 0 radical (unpaired) electrons. The highest BCUT2D eigenvalue weighted by atomic mass is 79.9. The number of benzene rings is 2. The monoisotopic (exact) mass is 305 g/mol. The Labute approximate surface area is 116 Å². The highest BCUT2D eigenvalue weighted by molar-refractivity contribution is 9.10. The van der Waals surface area contributed by atoms with Crippen molar-refractivity contribution in [1.29, 1.82) is 0 Å². The Kier molecular flexibility index (Phi) is 3.92. The predicted molar refractivity (Wildman–Crippen MR) is 79.0 cm³/mol. The van der Waals surface area contributed by atoms with Crippen LogP contribution in [0.2, 0.25) is 0 Å². The molecular weight excluding hydrogens is 290 g/mol. The molecule has 0 saturated heterocycles. The molecule has 0 bridgehead atoms. The zero-order valence-corrected chi connectivity index (χ0v) is 12.1. The molecule has 0 aromatic heterocycles. The van der Waals surface area contributed by atoms with E-state index in [0.29, 0.717) is 5.75 Å². The molecule has 2 nitrogen and oxygen atoms in total. The second-order valence-electron chi connectivity index (χ2n) is 4.45. The van der Waals surface area contributed by atoms with Gasteiger partial charge in [0.2, 0.25) is 0 Å². The molecule has 2 rings (SSSR count). The van der Waals surface area contributed by atoms with Crippen molar-refractivity contribution >= 4 is 21.6 Å². The molecule has 0 aliphatic carbocycles. The van der Waals surface area contributed by atoms with E-state index in [-0.39, 0.29) is 0 Å². The van der Waals surface area contributed by atoms with Gasteiger partial charge in [-0.15, -0.1) is 0 Å². The van der Waals surface area contributed by atoms with E-state index in [0.717, 1.165) is 22.3 Å². The number of hydrogen-bond acceptors (Lipinski definition) is 2. The largest absolute Gasteiger partial charge is 0.508 e. The summed E-state index contributed by atoms with van der Waals surface area (Å²) in [5.41, 5.74) is 4.35. The smallest absolute Gasteiger partial charge is 0.118 e. The molecule has 2 aromatic rings. The van der Waals surface area contributed by atoms with Gasteiger partial charge in [-0.3, -0.25) is 0 Å². The van der Waals surface area contributed by atoms with Gasteiger partial charge in [-0.25, -0.2) is 0 Å². The van der Waals surface area contributed by atoms with Crippen molar-refractivity contribution in [3.05, 3.63) is 57.6 Å². The fourth-order valence-electron chi connectivity index (χ4n) is 1.76. The van der Waals surface area contributed by atoms with Crippen molar-refractivity contribution < 1.29 is 5.11 Å². The van der Waals surface area contributed by atoms with E-state index in [4.69, 9.17) is 0 Å². The van der Waals surface area contributed by atoms with Gasteiger partial charge < -0.3 is 10.4 Å². The maximum atomic E-state index is 9.47. The molecule has 3 heteroatoms. The first kappa shape index (κ1) is 13.0. The standard InChI is InChI=1S/C15H16BrNO/c1-10-3-4-12(14(16)7-10)9-17-13-5-6-15(18)11(2)8-13/h3-8,17-18H,9H2,1-2H3. The Morgan fingerprint density at radius 3 is 2.56 bits per heavy atom. The summed E-state index contributed by atoms with van der Waals surface area (Å²) in [6.45, 7) is 4.72. The first-order chi connectivity index (χ1) is 8.56. The van der Waals surface area contributed by atoms with Gasteiger partial charge in [-0.1, -0.05) is 28.1 Å². The van der Waals surface area contributed by atoms with Crippen molar-refractivity contribution in [3.8, 4) is 5.75 Å². The minimum absolute atomic E-state index is 0.331. The van der Waals surface area contributed by atoms with E-state index in [1.165, 1.54) is 11.1 Å². The molecule has 2 N–H and O–H groups in total. The highest BCUT2D eigenvalue weighted by Crippen LogP contribution is 2.22. The fraction of sp³-hybridized carbons (Fsp3) is 0.200. The van der Waals surface area contributed by atoms with E-state index < -0.39 is 0 Å². The fourth-order valence-corrected chi connectivity index (χ4v) is 2.39. The van der Waals surface area contributed by atoms with Crippen LogP contribution in [0.3, 0.4) is 0 Å². The minimum atomic E-state index is 0.331. The van der Waals surface area contributed by atoms with Crippen LogP contribution in [0.4, 0.5) is 5.69 Å². The molecule has 0 spiro atoms. The second kappa shape index (κ2) is 5.44. The van der Waals surface area contributed by atoms with Gasteiger partial charge in [0.15, 0.2) is 0 Å². The Morgan fingerprint density at radius 1 is 1.11 bits per heavy atom. The Hall–Kier alpha value is -1.48. The summed E-state index contributed by atoms with van der Waals surface area (Å²) in [5, 5.41) is 12.8. The second-order valence-corrected chi connectivity index (χ2v) is 5.30. The summed E-state index contributed by atoms with van der Waals surface area (Å²) in [5.74, 6) is 0.331. The zero-order chi connectivity index (χ0) is 13.1. The first-order valence-electron chi connectivity index (χ1n) is 5.85. The van der Waals surface area contributed by atoms with Crippen molar-refractivity contribution in [2.75, 3.05) is 5.32 Å². The lowest BCUT2D eigenvalue weighted by molar-refractivity contribution is 0.471. The Morgan fingerprint density at radius 2 is 1.89 bits per heavy atom. The minimum Gasteiger partial charge on any atom is -0.508 e. The number of phenols is 1. The van der Waals surface area contributed by atoms with Crippen LogP contribution in [0.1, 0.15) is 16.7 Å². The SMILES string of the molecule is Cc1ccc(CNc2ccc(O)c(C)c2)c(Br)c1. The van der Waals surface area contributed by atoms with E-state index in [1.54, 1.807) is 6.07 Å². The van der Waals surface area contributed by atoms with Gasteiger partial charge in [-0.2, -0.15) is 0 Å². The third-order valence-electron chi connectivity index (χ3n) is 2.89. The summed E-state index contributed by atoms with van der Waals surface area (Å²) >= 11 is 3.57. The Balaban J connectivity index is 2.09. The number of halogens is 1. The lowest BCUT2D eigenvalue weighted by Gasteiger charge is -2.10. The third kappa shape index (κ3) is 3.05. The quantitative estimate of drug-likeness (QED) is 0.825. The van der Waals surface area contributed by atoms with Gasteiger partial charge >= 0.3 is 0 Å². The maximum Gasteiger partial charge on any atom is 0.118 e. The average molecular weight is 306 g/mol. The van der Waals surface area contributed by atoms with Crippen LogP contribution >= 0.6 is 15.9 Å². The summed E-state index contributed by atoms with van der Waals surface area (Å²) in [6, 6.07) is 11.9. The molecule has 0 saturated carbocycles. The van der Waals surface area contributed by atoms with Crippen LogP contribution in [-0.2, 0) is 6.54 Å². The van der Waals surface area contributed by atoms with Crippen LogP contribution in [-0.4, -0.2) is 5.11 Å². The van der Waals surface area contributed by atoms with E-state index in [1.807, 2.05) is 19.1 Å². The van der Waals surface area contributed by atoms with Gasteiger partial charge in [0, 0.05) is 16.7 Å². The highest BCUT2D eigenvalue weighted by Gasteiger charge is 2.01. The summed E-state index contributed by atoms with van der Waals surface area (Å²) in [6.07, 6.45) is 0. The molecule has 94 valence electrons. The number of rotatable bonds is 3. The molecule has 0 heterocycles. The number of anilines is 1. The van der Waals surface area contributed by atoms with Crippen molar-refractivity contribution in [2.45, 2.75) is 20.4 Å². The van der Waals surface area contributed by atoms with Gasteiger partial charge in [-0.05, 0) is 54.8 Å². The normalized spacial score (nSPS) is 10.4. The summed E-state index contributed by atoms with van der Waals surface area (Å²) in [4.78, 5) is 0. The Bertz CT molecular complexity index is 566. The lowest BCUT2D eigenvalue weighted by atomic mass is 10.1. The number of aromatic hydroxyl groups is 1. The zero-order valence-electron chi connectivity index (χ0n) is 10.5. The van der Waals surface area contributed by atoms with Crippen molar-refractivity contribution in [3.63, 3.8) is 0 Å². The number of nitrogens with one attached hydrogen (secondary N) is 1. The van der Waals surface area contributed by atoms with Gasteiger partial charge in [0.05, 0.1) is 0 Å². The molecule has 0 unspecified atom stereocenters. The third-order valence-corrected chi connectivity index (χ3v) is 3.63.